The summed E-state index contributed by atoms with van der Waals surface area (Å²) in [5, 5.41) is 10.5. The van der Waals surface area contributed by atoms with Gasteiger partial charge >= 0.3 is 0 Å². The number of hydrogen-bond acceptors (Lipinski definition) is 2. The van der Waals surface area contributed by atoms with Gasteiger partial charge in [0.2, 0.25) is 0 Å². The summed E-state index contributed by atoms with van der Waals surface area (Å²) in [5.41, 5.74) is 2.34. The van der Waals surface area contributed by atoms with Crippen molar-refractivity contribution in [2.45, 2.75) is 13.0 Å². The number of benzene rings is 2. The van der Waals surface area contributed by atoms with Crippen LogP contribution in [-0.4, -0.2) is 29.3 Å². The highest BCUT2D eigenvalue weighted by Gasteiger charge is 2.06. The molecule has 0 aliphatic heterocycles. The maximum Gasteiger partial charge on any atom is 0.191 e. The molecule has 5 nitrogen and oxygen atoms in total. The van der Waals surface area contributed by atoms with E-state index in [-0.39, 0.29) is 12.1 Å². The summed E-state index contributed by atoms with van der Waals surface area (Å²) in [6.45, 7) is 0.779. The number of guanidine groups is 1. The third-order valence-corrected chi connectivity index (χ3v) is 4.04. The fourth-order valence-corrected chi connectivity index (χ4v) is 2.61. The van der Waals surface area contributed by atoms with E-state index < -0.39 is 11.6 Å². The van der Waals surface area contributed by atoms with Gasteiger partial charge in [-0.15, -0.1) is 0 Å². The maximum absolute atomic E-state index is 13.7. The van der Waals surface area contributed by atoms with Crippen molar-refractivity contribution in [2.75, 3.05) is 13.6 Å². The standard InChI is InChI=1S/C20H21F2N5/c1-23-20(25-13-16-11-17(21)7-8-19(16)22)24-10-9-15-12-26-27(14-15)18-5-3-2-4-6-18/h2-8,11-12,14H,9-10,13H2,1H3,(H2,23,24,25). The van der Waals surface area contributed by atoms with Gasteiger partial charge in [0.25, 0.3) is 0 Å². The van der Waals surface area contributed by atoms with Crippen molar-refractivity contribution < 1.29 is 8.78 Å². The molecule has 140 valence electrons. The summed E-state index contributed by atoms with van der Waals surface area (Å²) < 4.78 is 28.7. The van der Waals surface area contributed by atoms with Gasteiger partial charge in [-0.05, 0) is 42.3 Å². The summed E-state index contributed by atoms with van der Waals surface area (Å²) in [6, 6.07) is 13.3. The molecule has 2 aromatic carbocycles. The molecule has 1 aromatic heterocycles. The molecule has 0 bridgehead atoms. The molecule has 0 aliphatic carbocycles. The van der Waals surface area contributed by atoms with Gasteiger partial charge in [-0.25, -0.2) is 13.5 Å². The Morgan fingerprint density at radius 1 is 1.11 bits per heavy atom. The molecule has 3 aromatic rings. The molecule has 0 fully saturated rings. The maximum atomic E-state index is 13.7. The van der Waals surface area contributed by atoms with Crippen molar-refractivity contribution in [3.8, 4) is 5.69 Å². The number of para-hydroxylation sites is 1. The molecule has 0 spiro atoms. The fourth-order valence-electron chi connectivity index (χ4n) is 2.61. The van der Waals surface area contributed by atoms with Crippen molar-refractivity contribution >= 4 is 5.96 Å². The predicted octanol–water partition coefficient (Wildman–Crippen LogP) is 3.06. The van der Waals surface area contributed by atoms with Crippen LogP contribution in [0.2, 0.25) is 0 Å². The van der Waals surface area contributed by atoms with Crippen LogP contribution in [0, 0.1) is 11.6 Å². The van der Waals surface area contributed by atoms with Crippen LogP contribution in [0.3, 0.4) is 0 Å². The van der Waals surface area contributed by atoms with Gasteiger partial charge in [-0.2, -0.15) is 5.10 Å². The molecule has 0 unspecified atom stereocenters. The molecule has 7 heteroatoms. The molecule has 0 radical (unpaired) electrons. The minimum Gasteiger partial charge on any atom is -0.356 e. The van der Waals surface area contributed by atoms with E-state index in [9.17, 15) is 8.78 Å². The SMILES string of the molecule is CN=C(NCCc1cnn(-c2ccccc2)c1)NCc1cc(F)ccc1F. The van der Waals surface area contributed by atoms with E-state index in [1.807, 2.05) is 47.4 Å². The Bertz CT molecular complexity index is 906. The Balaban J connectivity index is 1.49. The third-order valence-electron chi connectivity index (χ3n) is 4.04. The van der Waals surface area contributed by atoms with Crippen LogP contribution in [0.25, 0.3) is 5.69 Å². The quantitative estimate of drug-likeness (QED) is 0.519. The molecule has 3 rings (SSSR count). The highest BCUT2D eigenvalue weighted by atomic mass is 19.1. The molecule has 0 aliphatic rings. The van der Waals surface area contributed by atoms with Gasteiger partial charge in [0.05, 0.1) is 11.9 Å². The number of aromatic nitrogens is 2. The molecule has 27 heavy (non-hydrogen) atoms. The average Bonchev–Trinajstić information content (AvgIpc) is 3.16. The normalized spacial score (nSPS) is 11.4. The zero-order valence-corrected chi connectivity index (χ0v) is 15.0. The number of halogens is 2. The van der Waals surface area contributed by atoms with Crippen LogP contribution < -0.4 is 10.6 Å². The Labute approximate surface area is 156 Å². The van der Waals surface area contributed by atoms with Gasteiger partial charge in [0.1, 0.15) is 11.6 Å². The Morgan fingerprint density at radius 3 is 2.70 bits per heavy atom. The predicted molar refractivity (Wildman–Crippen MR) is 102 cm³/mol. The second-order valence-electron chi connectivity index (χ2n) is 5.97. The second kappa shape index (κ2) is 8.93. The summed E-state index contributed by atoms with van der Waals surface area (Å²) in [6.07, 6.45) is 4.56. The molecule has 0 saturated heterocycles. The molecule has 0 amide bonds. The molecule has 2 N–H and O–H groups in total. The first-order valence-electron chi connectivity index (χ1n) is 8.63. The largest absolute Gasteiger partial charge is 0.356 e. The number of nitrogens with zero attached hydrogens (tertiary/aromatic N) is 3. The lowest BCUT2D eigenvalue weighted by Gasteiger charge is -2.12. The van der Waals surface area contributed by atoms with Crippen LogP contribution in [0.5, 0.6) is 0 Å². The van der Waals surface area contributed by atoms with E-state index in [1.165, 1.54) is 6.07 Å². The van der Waals surface area contributed by atoms with Crippen LogP contribution in [0.1, 0.15) is 11.1 Å². The monoisotopic (exact) mass is 369 g/mol. The lowest BCUT2D eigenvalue weighted by Crippen LogP contribution is -2.38. The van der Waals surface area contributed by atoms with E-state index in [4.69, 9.17) is 0 Å². The zero-order valence-electron chi connectivity index (χ0n) is 15.0. The minimum absolute atomic E-state index is 0.148. The molecular formula is C20H21F2N5. The highest BCUT2D eigenvalue weighted by Crippen LogP contribution is 2.09. The topological polar surface area (TPSA) is 54.2 Å². The van der Waals surface area contributed by atoms with Crippen LogP contribution in [-0.2, 0) is 13.0 Å². The van der Waals surface area contributed by atoms with Crippen LogP contribution >= 0.6 is 0 Å². The Hall–Kier alpha value is -3.22. The van der Waals surface area contributed by atoms with Gasteiger partial charge in [0.15, 0.2) is 5.96 Å². The summed E-state index contributed by atoms with van der Waals surface area (Å²) in [5.74, 6) is -0.395. The van der Waals surface area contributed by atoms with E-state index in [2.05, 4.69) is 20.7 Å². The van der Waals surface area contributed by atoms with Gasteiger partial charge in [-0.3, -0.25) is 4.99 Å². The van der Waals surface area contributed by atoms with Crippen LogP contribution in [0.15, 0.2) is 65.9 Å². The third kappa shape index (κ3) is 5.13. The molecule has 0 saturated carbocycles. The van der Waals surface area contributed by atoms with Crippen molar-refractivity contribution in [3.05, 3.63) is 83.7 Å². The number of hydrogen-bond donors (Lipinski definition) is 2. The Kier molecular flexibility index (Phi) is 6.14. The fraction of sp³-hybridized carbons (Fsp3) is 0.200. The van der Waals surface area contributed by atoms with Crippen molar-refractivity contribution in [1.82, 2.24) is 20.4 Å². The van der Waals surface area contributed by atoms with Crippen molar-refractivity contribution in [2.24, 2.45) is 4.99 Å². The summed E-state index contributed by atoms with van der Waals surface area (Å²) in [7, 11) is 1.63. The number of aliphatic imine (C=N–C) groups is 1. The van der Waals surface area contributed by atoms with Crippen molar-refractivity contribution in [3.63, 3.8) is 0 Å². The lowest BCUT2D eigenvalue weighted by molar-refractivity contribution is 0.581. The van der Waals surface area contributed by atoms with Gasteiger partial charge in [-0.1, -0.05) is 18.2 Å². The highest BCUT2D eigenvalue weighted by molar-refractivity contribution is 5.79. The molecule has 1 heterocycles. The first-order valence-corrected chi connectivity index (χ1v) is 8.63. The van der Waals surface area contributed by atoms with Gasteiger partial charge < -0.3 is 10.6 Å². The lowest BCUT2D eigenvalue weighted by atomic mass is 10.2. The smallest absolute Gasteiger partial charge is 0.191 e. The first kappa shape index (κ1) is 18.6. The average molecular weight is 369 g/mol. The van der Waals surface area contributed by atoms with E-state index >= 15 is 0 Å². The minimum atomic E-state index is -0.466. The van der Waals surface area contributed by atoms with E-state index in [0.29, 0.717) is 12.5 Å². The van der Waals surface area contributed by atoms with E-state index in [0.717, 1.165) is 29.8 Å². The second-order valence-corrected chi connectivity index (χ2v) is 5.97. The van der Waals surface area contributed by atoms with Gasteiger partial charge in [0, 0.05) is 31.9 Å². The molecular weight excluding hydrogens is 348 g/mol. The Morgan fingerprint density at radius 2 is 1.93 bits per heavy atom. The number of nitrogens with one attached hydrogen (secondary N) is 2. The first-order chi connectivity index (χ1) is 13.2. The van der Waals surface area contributed by atoms with Crippen LogP contribution in [0.4, 0.5) is 8.78 Å². The molecule has 0 atom stereocenters. The summed E-state index contributed by atoms with van der Waals surface area (Å²) >= 11 is 0. The summed E-state index contributed by atoms with van der Waals surface area (Å²) in [4.78, 5) is 4.10. The van der Waals surface area contributed by atoms with E-state index in [1.54, 1.807) is 7.05 Å². The zero-order chi connectivity index (χ0) is 19.1. The van der Waals surface area contributed by atoms with Crippen molar-refractivity contribution in [1.29, 1.82) is 0 Å². The number of rotatable bonds is 6.